The van der Waals surface area contributed by atoms with Crippen molar-refractivity contribution in [1.82, 2.24) is 30.4 Å². The van der Waals surface area contributed by atoms with Gasteiger partial charge in [0.15, 0.2) is 5.82 Å². The average molecular weight is 395 g/mol. The van der Waals surface area contributed by atoms with Gasteiger partial charge in [-0.05, 0) is 67.2 Å². The molecule has 1 amide bonds. The molecule has 1 aromatic carbocycles. The number of benzene rings is 1. The molecule has 8 nitrogen and oxygen atoms in total. The number of carbonyl (C=O) groups is 1. The van der Waals surface area contributed by atoms with Crippen LogP contribution in [0, 0.1) is 0 Å². The molecule has 0 saturated carbocycles. The Bertz CT molecular complexity index is 687. The second kappa shape index (κ2) is 11.5. The summed E-state index contributed by atoms with van der Waals surface area (Å²) in [6, 6.07) is 7.02. The van der Waals surface area contributed by atoms with Crippen molar-refractivity contribution in [3.63, 3.8) is 0 Å². The highest BCUT2D eigenvalue weighted by molar-refractivity contribution is 6.30. The molecule has 2 aromatic rings. The number of rotatable bonds is 12. The summed E-state index contributed by atoms with van der Waals surface area (Å²) in [6.45, 7) is 8.39. The maximum absolute atomic E-state index is 12.1. The Morgan fingerprint density at radius 1 is 1.22 bits per heavy atom. The van der Waals surface area contributed by atoms with Gasteiger partial charge in [-0.25, -0.2) is 4.68 Å². The van der Waals surface area contributed by atoms with E-state index in [0.717, 1.165) is 32.5 Å². The highest BCUT2D eigenvalue weighted by atomic mass is 35.5. The zero-order valence-electron chi connectivity index (χ0n) is 15.9. The van der Waals surface area contributed by atoms with Gasteiger partial charge in [0.1, 0.15) is 18.9 Å². The first-order valence-electron chi connectivity index (χ1n) is 9.24. The average Bonchev–Trinajstić information content (AvgIpc) is 3.11. The molecule has 9 heteroatoms. The fourth-order valence-corrected chi connectivity index (χ4v) is 2.67. The van der Waals surface area contributed by atoms with E-state index in [1.807, 2.05) is 0 Å². The van der Waals surface area contributed by atoms with E-state index in [4.69, 9.17) is 16.3 Å². The van der Waals surface area contributed by atoms with E-state index >= 15 is 0 Å². The number of hydrogen-bond donors (Lipinski definition) is 1. The quantitative estimate of drug-likeness (QED) is 0.555. The maximum Gasteiger partial charge on any atom is 0.241 e. The number of carbonyl (C=O) groups excluding carboxylic acids is 1. The van der Waals surface area contributed by atoms with Crippen LogP contribution in [-0.2, 0) is 17.9 Å². The largest absolute Gasteiger partial charge is 0.486 e. The zero-order valence-corrected chi connectivity index (χ0v) is 16.7. The molecule has 1 aromatic heterocycles. The van der Waals surface area contributed by atoms with Crippen LogP contribution < -0.4 is 10.1 Å². The summed E-state index contributed by atoms with van der Waals surface area (Å²) in [5.74, 6) is 1.03. The highest BCUT2D eigenvalue weighted by Gasteiger charge is 2.11. The van der Waals surface area contributed by atoms with Crippen LogP contribution in [0.2, 0.25) is 5.02 Å². The summed E-state index contributed by atoms with van der Waals surface area (Å²) in [4.78, 5) is 14.5. The van der Waals surface area contributed by atoms with Crippen LogP contribution in [0.1, 0.15) is 32.5 Å². The summed E-state index contributed by atoms with van der Waals surface area (Å²) >= 11 is 5.85. The number of aromatic nitrogens is 4. The third kappa shape index (κ3) is 7.52. The fraction of sp³-hybridized carbons (Fsp3) is 0.556. The number of tetrazole rings is 1. The van der Waals surface area contributed by atoms with Crippen molar-refractivity contribution in [2.24, 2.45) is 0 Å². The molecular weight excluding hydrogens is 368 g/mol. The van der Waals surface area contributed by atoms with E-state index in [1.165, 1.54) is 4.68 Å². The van der Waals surface area contributed by atoms with E-state index in [9.17, 15) is 4.79 Å². The van der Waals surface area contributed by atoms with Crippen LogP contribution in [0.25, 0.3) is 0 Å². The second-order valence-electron chi connectivity index (χ2n) is 6.08. The molecule has 148 valence electrons. The molecule has 1 N–H and O–H groups in total. The van der Waals surface area contributed by atoms with Crippen molar-refractivity contribution in [2.75, 3.05) is 26.2 Å². The first-order chi connectivity index (χ1) is 13.1. The number of hydrogen-bond acceptors (Lipinski definition) is 6. The van der Waals surface area contributed by atoms with E-state index < -0.39 is 0 Å². The maximum atomic E-state index is 12.1. The van der Waals surface area contributed by atoms with Gasteiger partial charge in [0.05, 0.1) is 0 Å². The van der Waals surface area contributed by atoms with Gasteiger partial charge >= 0.3 is 0 Å². The van der Waals surface area contributed by atoms with Gasteiger partial charge < -0.3 is 15.0 Å². The summed E-state index contributed by atoms with van der Waals surface area (Å²) in [5, 5.41) is 14.9. The molecule has 0 saturated heterocycles. The molecule has 0 atom stereocenters. The Morgan fingerprint density at radius 2 is 1.96 bits per heavy atom. The molecule has 0 unspecified atom stereocenters. The van der Waals surface area contributed by atoms with Crippen molar-refractivity contribution in [3.8, 4) is 5.75 Å². The van der Waals surface area contributed by atoms with Crippen molar-refractivity contribution in [2.45, 2.75) is 39.8 Å². The molecule has 0 aliphatic heterocycles. The van der Waals surface area contributed by atoms with E-state index in [2.05, 4.69) is 39.6 Å². The normalized spacial score (nSPS) is 11.0. The van der Waals surface area contributed by atoms with E-state index in [0.29, 0.717) is 23.1 Å². The van der Waals surface area contributed by atoms with Gasteiger partial charge in [0.2, 0.25) is 5.91 Å². The van der Waals surface area contributed by atoms with Gasteiger partial charge in [-0.15, -0.1) is 5.10 Å². The summed E-state index contributed by atoms with van der Waals surface area (Å²) in [5.41, 5.74) is 0. The van der Waals surface area contributed by atoms with Gasteiger partial charge in [0.25, 0.3) is 0 Å². The Labute approximate surface area is 164 Å². The van der Waals surface area contributed by atoms with Crippen LogP contribution in [0.3, 0.4) is 0 Å². The van der Waals surface area contributed by atoms with E-state index in [-0.39, 0.29) is 19.1 Å². The van der Waals surface area contributed by atoms with Crippen molar-refractivity contribution >= 4 is 17.5 Å². The molecule has 27 heavy (non-hydrogen) atoms. The Morgan fingerprint density at radius 3 is 2.67 bits per heavy atom. The predicted octanol–water partition coefficient (Wildman–Crippen LogP) is 2.14. The summed E-state index contributed by atoms with van der Waals surface area (Å²) < 4.78 is 7.07. The molecule has 0 radical (unpaired) electrons. The van der Waals surface area contributed by atoms with Gasteiger partial charge in [0, 0.05) is 11.6 Å². The van der Waals surface area contributed by atoms with Crippen LogP contribution >= 0.6 is 11.6 Å². The number of unbranched alkanes of at least 4 members (excludes halogenated alkanes) is 1. The fourth-order valence-electron chi connectivity index (χ4n) is 2.55. The molecule has 1 heterocycles. The smallest absolute Gasteiger partial charge is 0.241 e. The topological polar surface area (TPSA) is 85.2 Å². The first-order valence-corrected chi connectivity index (χ1v) is 9.62. The van der Waals surface area contributed by atoms with Crippen LogP contribution in [0.4, 0.5) is 0 Å². The van der Waals surface area contributed by atoms with Crippen LogP contribution in [-0.4, -0.2) is 57.2 Å². The minimum Gasteiger partial charge on any atom is -0.486 e. The van der Waals surface area contributed by atoms with E-state index in [1.54, 1.807) is 24.3 Å². The molecule has 0 spiro atoms. The lowest BCUT2D eigenvalue weighted by molar-refractivity contribution is -0.121. The SMILES string of the molecule is CCN(CC)CCCCNC(=O)Cn1nnnc1COc1ccc(Cl)cc1. The number of halogens is 1. The number of nitrogens with one attached hydrogen (secondary N) is 1. The number of amides is 1. The zero-order chi connectivity index (χ0) is 19.5. The predicted molar refractivity (Wildman–Crippen MR) is 104 cm³/mol. The minimum atomic E-state index is -0.113. The minimum absolute atomic E-state index is 0.0718. The lowest BCUT2D eigenvalue weighted by Crippen LogP contribution is -2.30. The molecule has 0 aliphatic rings. The third-order valence-corrected chi connectivity index (χ3v) is 4.45. The molecule has 0 fully saturated rings. The highest BCUT2D eigenvalue weighted by Crippen LogP contribution is 2.16. The van der Waals surface area contributed by atoms with Crippen LogP contribution in [0.15, 0.2) is 24.3 Å². The third-order valence-electron chi connectivity index (χ3n) is 4.20. The summed E-state index contributed by atoms with van der Waals surface area (Å²) in [6.07, 6.45) is 2.01. The molecular formula is C18H27ClN6O2. The van der Waals surface area contributed by atoms with Crippen LogP contribution in [0.5, 0.6) is 5.75 Å². The number of nitrogens with zero attached hydrogens (tertiary/aromatic N) is 5. The van der Waals surface area contributed by atoms with Gasteiger partial charge in [-0.3, -0.25) is 4.79 Å². The molecule has 2 rings (SSSR count). The Kier molecular flexibility index (Phi) is 9.00. The lowest BCUT2D eigenvalue weighted by atomic mass is 10.3. The van der Waals surface area contributed by atoms with Gasteiger partial charge in [-0.2, -0.15) is 0 Å². The molecule has 0 aliphatic carbocycles. The molecule has 0 bridgehead atoms. The summed E-state index contributed by atoms with van der Waals surface area (Å²) in [7, 11) is 0. The first kappa shape index (κ1) is 21.1. The Hall–Kier alpha value is -2.19. The second-order valence-corrected chi connectivity index (χ2v) is 6.52. The van der Waals surface area contributed by atoms with Gasteiger partial charge in [-0.1, -0.05) is 25.4 Å². The monoisotopic (exact) mass is 394 g/mol. The van der Waals surface area contributed by atoms with Crippen molar-refractivity contribution < 1.29 is 9.53 Å². The number of ether oxygens (including phenoxy) is 1. The standard InChI is InChI=1S/C18H27ClN6O2/c1-3-24(4-2)12-6-5-11-20-18(26)13-25-17(21-22-23-25)14-27-16-9-7-15(19)8-10-16/h7-10H,3-6,11-14H2,1-2H3,(H,20,26). The van der Waals surface area contributed by atoms with Crippen molar-refractivity contribution in [3.05, 3.63) is 35.1 Å². The van der Waals surface area contributed by atoms with Crippen molar-refractivity contribution in [1.29, 1.82) is 0 Å². The lowest BCUT2D eigenvalue weighted by Gasteiger charge is -2.17. The Balaban J connectivity index is 1.70.